The predicted molar refractivity (Wildman–Crippen MR) is 28.8 cm³/mol. The van der Waals surface area contributed by atoms with Gasteiger partial charge in [-0.2, -0.15) is 0 Å². The molecule has 0 aliphatic carbocycles. The highest BCUT2D eigenvalue weighted by atomic mass is 16.4. The summed E-state index contributed by atoms with van der Waals surface area (Å²) in [5.41, 5.74) is 5.07. The van der Waals surface area contributed by atoms with Gasteiger partial charge in [-0.1, -0.05) is 11.7 Å². The van der Waals surface area contributed by atoms with Crippen LogP contribution in [0.1, 0.15) is 5.89 Å². The molecule has 0 radical (unpaired) electrons. The molecule has 0 bridgehead atoms. The van der Waals surface area contributed by atoms with Gasteiger partial charge < -0.3 is 10.2 Å². The molecule has 0 unspecified atom stereocenters. The number of nitrogen functional groups attached to an aromatic ring is 1. The Morgan fingerprint density at radius 3 is 2.62 bits per heavy atom. The van der Waals surface area contributed by atoms with Crippen molar-refractivity contribution in [3.05, 3.63) is 12.5 Å². The second kappa shape index (κ2) is 1.65. The molecule has 0 saturated carbocycles. The van der Waals surface area contributed by atoms with Gasteiger partial charge in [-0.15, -0.1) is 5.10 Å². The van der Waals surface area contributed by atoms with Crippen molar-refractivity contribution >= 4 is 12.1 Å². The summed E-state index contributed by atoms with van der Waals surface area (Å²) in [7, 11) is 0. The van der Waals surface area contributed by atoms with Crippen LogP contribution in [0, 0.1) is 0 Å². The van der Waals surface area contributed by atoms with Crippen molar-refractivity contribution in [3.63, 3.8) is 0 Å². The summed E-state index contributed by atoms with van der Waals surface area (Å²) in [6, 6.07) is 0.0694. The fourth-order valence-electron chi connectivity index (χ4n) is 0.329. The standard InChI is InChI=1S/C4H5N3O/c1-2-3-6-7-4(5)8-3/h2H,1H2,(H2,5,7). The van der Waals surface area contributed by atoms with Crippen molar-refractivity contribution in [1.82, 2.24) is 10.2 Å². The van der Waals surface area contributed by atoms with E-state index in [4.69, 9.17) is 5.73 Å². The van der Waals surface area contributed by atoms with Gasteiger partial charge >= 0.3 is 6.01 Å². The average molecular weight is 111 g/mol. The van der Waals surface area contributed by atoms with Gasteiger partial charge in [-0.05, 0) is 6.08 Å². The highest BCUT2D eigenvalue weighted by Gasteiger charge is 1.93. The normalized spacial score (nSPS) is 9.00. The SMILES string of the molecule is C=Cc1nnc(N)o1. The van der Waals surface area contributed by atoms with Crippen LogP contribution in [-0.4, -0.2) is 10.2 Å². The van der Waals surface area contributed by atoms with Crippen molar-refractivity contribution < 1.29 is 4.42 Å². The summed E-state index contributed by atoms with van der Waals surface area (Å²) in [5, 5.41) is 6.85. The summed E-state index contributed by atoms with van der Waals surface area (Å²) in [6.07, 6.45) is 1.43. The molecule has 4 heteroatoms. The maximum Gasteiger partial charge on any atom is 0.313 e. The highest BCUT2D eigenvalue weighted by molar-refractivity contribution is 5.33. The third kappa shape index (κ3) is 0.676. The molecule has 0 saturated heterocycles. The molecule has 0 aliphatic rings. The van der Waals surface area contributed by atoms with E-state index >= 15 is 0 Å². The minimum atomic E-state index is 0.0694. The summed E-state index contributed by atoms with van der Waals surface area (Å²) < 4.78 is 4.67. The maximum absolute atomic E-state index is 5.07. The molecule has 1 aromatic rings. The number of hydrogen-bond acceptors (Lipinski definition) is 4. The van der Waals surface area contributed by atoms with Crippen LogP contribution in [0.4, 0.5) is 6.01 Å². The van der Waals surface area contributed by atoms with Gasteiger partial charge in [0.25, 0.3) is 0 Å². The zero-order valence-electron chi connectivity index (χ0n) is 4.16. The van der Waals surface area contributed by atoms with Crippen molar-refractivity contribution in [3.8, 4) is 0 Å². The van der Waals surface area contributed by atoms with Gasteiger partial charge in [-0.25, -0.2) is 0 Å². The Bertz CT molecular complexity index is 193. The number of nitrogens with two attached hydrogens (primary N) is 1. The molecular formula is C4H5N3O. The van der Waals surface area contributed by atoms with Gasteiger partial charge in [0.05, 0.1) is 0 Å². The van der Waals surface area contributed by atoms with E-state index in [1.54, 1.807) is 0 Å². The first-order valence-electron chi connectivity index (χ1n) is 2.04. The lowest BCUT2D eigenvalue weighted by atomic mass is 10.7. The van der Waals surface area contributed by atoms with Crippen molar-refractivity contribution in [2.75, 3.05) is 5.73 Å². The quantitative estimate of drug-likeness (QED) is 0.565. The summed E-state index contributed by atoms with van der Waals surface area (Å²) in [5.74, 6) is 0.350. The highest BCUT2D eigenvalue weighted by Crippen LogP contribution is 1.99. The zero-order valence-corrected chi connectivity index (χ0v) is 4.16. The van der Waals surface area contributed by atoms with E-state index < -0.39 is 0 Å². The Kier molecular flexibility index (Phi) is 0.997. The number of hydrogen-bond donors (Lipinski definition) is 1. The van der Waals surface area contributed by atoms with Crippen LogP contribution in [-0.2, 0) is 0 Å². The van der Waals surface area contributed by atoms with Gasteiger partial charge in [0, 0.05) is 0 Å². The Labute approximate surface area is 46.0 Å². The summed E-state index contributed by atoms with van der Waals surface area (Å²) in [4.78, 5) is 0. The second-order valence-electron chi connectivity index (χ2n) is 1.18. The molecule has 1 heterocycles. The maximum atomic E-state index is 5.07. The van der Waals surface area contributed by atoms with E-state index in [1.807, 2.05) is 0 Å². The number of aromatic nitrogens is 2. The van der Waals surface area contributed by atoms with Crippen LogP contribution in [0.3, 0.4) is 0 Å². The van der Waals surface area contributed by atoms with E-state index in [0.29, 0.717) is 5.89 Å². The molecule has 1 rings (SSSR count). The Morgan fingerprint density at radius 1 is 1.62 bits per heavy atom. The first-order chi connectivity index (χ1) is 3.83. The molecule has 42 valence electrons. The van der Waals surface area contributed by atoms with Crippen LogP contribution in [0.5, 0.6) is 0 Å². The van der Waals surface area contributed by atoms with Crippen LogP contribution in [0.25, 0.3) is 6.08 Å². The first kappa shape index (κ1) is 4.83. The Morgan fingerprint density at radius 2 is 2.38 bits per heavy atom. The van der Waals surface area contributed by atoms with Gasteiger partial charge in [-0.3, -0.25) is 0 Å². The molecule has 0 amide bonds. The molecule has 8 heavy (non-hydrogen) atoms. The van der Waals surface area contributed by atoms with Crippen LogP contribution < -0.4 is 5.73 Å². The third-order valence-electron chi connectivity index (χ3n) is 0.631. The number of rotatable bonds is 1. The minimum Gasteiger partial charge on any atom is -0.404 e. The van der Waals surface area contributed by atoms with E-state index in [2.05, 4.69) is 21.2 Å². The fraction of sp³-hybridized carbons (Fsp3) is 0. The molecular weight excluding hydrogens is 106 g/mol. The molecule has 1 aromatic heterocycles. The van der Waals surface area contributed by atoms with Crippen molar-refractivity contribution in [1.29, 1.82) is 0 Å². The van der Waals surface area contributed by atoms with Crippen LogP contribution >= 0.6 is 0 Å². The lowest BCUT2D eigenvalue weighted by Crippen LogP contribution is -1.81. The van der Waals surface area contributed by atoms with Crippen molar-refractivity contribution in [2.45, 2.75) is 0 Å². The van der Waals surface area contributed by atoms with Crippen LogP contribution in [0.15, 0.2) is 11.0 Å². The number of nitrogens with zero attached hydrogens (tertiary/aromatic N) is 2. The van der Waals surface area contributed by atoms with Gasteiger partial charge in [0.1, 0.15) is 0 Å². The molecule has 0 aromatic carbocycles. The second-order valence-corrected chi connectivity index (χ2v) is 1.18. The van der Waals surface area contributed by atoms with E-state index in [1.165, 1.54) is 6.08 Å². The van der Waals surface area contributed by atoms with Crippen molar-refractivity contribution in [2.24, 2.45) is 0 Å². The topological polar surface area (TPSA) is 64.9 Å². The fourth-order valence-corrected chi connectivity index (χ4v) is 0.329. The molecule has 2 N–H and O–H groups in total. The molecule has 0 fully saturated rings. The first-order valence-corrected chi connectivity index (χ1v) is 2.04. The molecule has 0 atom stereocenters. The molecule has 0 aliphatic heterocycles. The lowest BCUT2D eigenvalue weighted by molar-refractivity contribution is 0.563. The zero-order chi connectivity index (χ0) is 5.98. The summed E-state index contributed by atoms with van der Waals surface area (Å²) >= 11 is 0. The lowest BCUT2D eigenvalue weighted by Gasteiger charge is -1.72. The monoisotopic (exact) mass is 111 g/mol. The van der Waals surface area contributed by atoms with Gasteiger partial charge in [0.2, 0.25) is 5.89 Å². The smallest absolute Gasteiger partial charge is 0.313 e. The average Bonchev–Trinajstić information content (AvgIpc) is 2.14. The largest absolute Gasteiger partial charge is 0.404 e. The van der Waals surface area contributed by atoms with Gasteiger partial charge in [0.15, 0.2) is 0 Å². The molecule has 0 spiro atoms. The van der Waals surface area contributed by atoms with E-state index in [9.17, 15) is 0 Å². The molecule has 4 nitrogen and oxygen atoms in total. The Balaban J connectivity index is 3.00. The predicted octanol–water partition coefficient (Wildman–Crippen LogP) is 0.295. The third-order valence-corrected chi connectivity index (χ3v) is 0.631. The van der Waals surface area contributed by atoms with E-state index in [0.717, 1.165) is 0 Å². The minimum absolute atomic E-state index is 0.0694. The van der Waals surface area contributed by atoms with Crippen LogP contribution in [0.2, 0.25) is 0 Å². The van der Waals surface area contributed by atoms with E-state index in [-0.39, 0.29) is 6.01 Å². The summed E-state index contributed by atoms with van der Waals surface area (Å²) in [6.45, 7) is 3.39. The Hall–Kier alpha value is -1.32. The number of anilines is 1.